The second kappa shape index (κ2) is 3.56. The zero-order chi connectivity index (χ0) is 12.1. The summed E-state index contributed by atoms with van der Waals surface area (Å²) in [5.74, 6) is 0. The second-order valence-electron chi connectivity index (χ2n) is 4.50. The van der Waals surface area contributed by atoms with E-state index in [2.05, 4.69) is 5.10 Å². The summed E-state index contributed by atoms with van der Waals surface area (Å²) in [6.07, 6.45) is 0. The minimum absolute atomic E-state index is 0.366. The number of hydrogen-bond acceptors (Lipinski definition) is 3. The summed E-state index contributed by atoms with van der Waals surface area (Å²) in [5, 5.41) is 3.92. The van der Waals surface area contributed by atoms with Crippen LogP contribution in [0.4, 0.5) is 0 Å². The van der Waals surface area contributed by atoms with Crippen LogP contribution >= 0.6 is 0 Å². The van der Waals surface area contributed by atoms with Gasteiger partial charge in [-0.15, -0.1) is 0 Å². The van der Waals surface area contributed by atoms with Gasteiger partial charge in [-0.3, -0.25) is 4.68 Å². The Hall–Kier alpha value is -0.880. The highest BCUT2D eigenvalue weighted by Crippen LogP contribution is 2.28. The second-order valence-corrected chi connectivity index (χ2v) is 6.99. The molecule has 0 saturated carbocycles. The molecule has 2 rings (SSSR count). The maximum atomic E-state index is 12.0. The molecule has 0 atom stereocenters. The maximum Gasteiger partial charge on any atom is 0.217 e. The number of rotatable bonds is 2. The average Bonchev–Trinajstić information content (AvgIpc) is 2.70. The molecule has 1 aliphatic heterocycles. The van der Waals surface area contributed by atoms with Crippen LogP contribution in [0.3, 0.4) is 0 Å². The SMILES string of the molecule is Cc1nn(C)c2c1CN(S(=O)(=O)C(C)C)C2. The highest BCUT2D eigenvalue weighted by molar-refractivity contribution is 7.89. The highest BCUT2D eigenvalue weighted by atomic mass is 32.2. The molecule has 90 valence electrons. The van der Waals surface area contributed by atoms with E-state index in [1.165, 1.54) is 4.31 Å². The van der Waals surface area contributed by atoms with E-state index in [9.17, 15) is 8.42 Å². The molecular formula is C10H17N3O2S. The molecule has 1 aliphatic rings. The molecule has 0 bridgehead atoms. The number of hydrogen-bond donors (Lipinski definition) is 0. The van der Waals surface area contributed by atoms with Crippen LogP contribution in [0.25, 0.3) is 0 Å². The lowest BCUT2D eigenvalue weighted by molar-refractivity contribution is 0.415. The Morgan fingerprint density at radius 2 is 1.94 bits per heavy atom. The first-order valence-corrected chi connectivity index (χ1v) is 6.84. The van der Waals surface area contributed by atoms with E-state index in [0.717, 1.165) is 17.0 Å². The van der Waals surface area contributed by atoms with Crippen molar-refractivity contribution in [2.75, 3.05) is 0 Å². The smallest absolute Gasteiger partial charge is 0.217 e. The van der Waals surface area contributed by atoms with Gasteiger partial charge in [0, 0.05) is 19.2 Å². The van der Waals surface area contributed by atoms with E-state index in [1.807, 2.05) is 14.0 Å². The molecule has 16 heavy (non-hydrogen) atoms. The largest absolute Gasteiger partial charge is 0.271 e. The Balaban J connectivity index is 2.34. The minimum Gasteiger partial charge on any atom is -0.271 e. The number of fused-ring (bicyclic) bond motifs is 1. The van der Waals surface area contributed by atoms with Gasteiger partial charge in [0.1, 0.15) is 0 Å². The summed E-state index contributed by atoms with van der Waals surface area (Å²) in [4.78, 5) is 0. The molecule has 0 spiro atoms. The van der Waals surface area contributed by atoms with Crippen molar-refractivity contribution in [1.82, 2.24) is 14.1 Å². The van der Waals surface area contributed by atoms with E-state index < -0.39 is 10.0 Å². The lowest BCUT2D eigenvalue weighted by Crippen LogP contribution is -2.32. The Kier molecular flexibility index (Phi) is 2.58. The van der Waals surface area contributed by atoms with Gasteiger partial charge in [-0.2, -0.15) is 9.40 Å². The van der Waals surface area contributed by atoms with Gasteiger partial charge in [-0.1, -0.05) is 0 Å². The lowest BCUT2D eigenvalue weighted by atomic mass is 10.2. The van der Waals surface area contributed by atoms with Crippen LogP contribution in [0.1, 0.15) is 30.8 Å². The number of sulfonamides is 1. The van der Waals surface area contributed by atoms with Crippen molar-refractivity contribution in [3.63, 3.8) is 0 Å². The van der Waals surface area contributed by atoms with Crippen LogP contribution in [0, 0.1) is 6.92 Å². The third-order valence-corrected chi connectivity index (χ3v) is 5.26. The summed E-state index contributed by atoms with van der Waals surface area (Å²) in [6, 6.07) is 0. The van der Waals surface area contributed by atoms with Crippen molar-refractivity contribution in [2.45, 2.75) is 39.1 Å². The van der Waals surface area contributed by atoms with Crippen molar-refractivity contribution in [2.24, 2.45) is 7.05 Å². The highest BCUT2D eigenvalue weighted by Gasteiger charge is 2.34. The first-order chi connectivity index (χ1) is 7.34. The molecule has 1 aromatic heterocycles. The van der Waals surface area contributed by atoms with Crippen LogP contribution in [0.5, 0.6) is 0 Å². The van der Waals surface area contributed by atoms with E-state index in [1.54, 1.807) is 18.5 Å². The molecule has 6 heteroatoms. The van der Waals surface area contributed by atoms with Crippen molar-refractivity contribution >= 4 is 10.0 Å². The average molecular weight is 243 g/mol. The zero-order valence-corrected chi connectivity index (χ0v) is 10.9. The molecule has 0 amide bonds. The fraction of sp³-hybridized carbons (Fsp3) is 0.700. The summed E-state index contributed by atoms with van der Waals surface area (Å²) in [5.41, 5.74) is 3.01. The fourth-order valence-electron chi connectivity index (χ4n) is 2.03. The monoisotopic (exact) mass is 243 g/mol. The van der Waals surface area contributed by atoms with Crippen molar-refractivity contribution < 1.29 is 8.42 Å². The van der Waals surface area contributed by atoms with E-state index in [4.69, 9.17) is 0 Å². The molecule has 0 saturated heterocycles. The predicted octanol–water partition coefficient (Wildman–Crippen LogP) is 0.782. The molecule has 0 N–H and O–H groups in total. The summed E-state index contributed by atoms with van der Waals surface area (Å²) in [7, 11) is -1.30. The van der Waals surface area contributed by atoms with Crippen LogP contribution in [-0.4, -0.2) is 27.8 Å². The first kappa shape index (κ1) is 11.6. The van der Waals surface area contributed by atoms with Gasteiger partial charge in [0.15, 0.2) is 0 Å². The van der Waals surface area contributed by atoms with E-state index >= 15 is 0 Å². The summed E-state index contributed by atoms with van der Waals surface area (Å²) < 4.78 is 27.4. The van der Waals surface area contributed by atoms with Crippen molar-refractivity contribution in [3.8, 4) is 0 Å². The number of nitrogens with zero attached hydrogens (tertiary/aromatic N) is 3. The van der Waals surface area contributed by atoms with Gasteiger partial charge < -0.3 is 0 Å². The Morgan fingerprint density at radius 1 is 1.31 bits per heavy atom. The minimum atomic E-state index is -3.16. The van der Waals surface area contributed by atoms with Gasteiger partial charge >= 0.3 is 0 Å². The standard InChI is InChI=1S/C10H17N3O2S/c1-7(2)16(14,15)13-5-9-8(3)11-12(4)10(9)6-13/h7H,5-6H2,1-4H3. The Labute approximate surface area is 96.1 Å². The molecule has 0 radical (unpaired) electrons. The summed E-state index contributed by atoms with van der Waals surface area (Å²) in [6.45, 7) is 6.26. The first-order valence-electron chi connectivity index (χ1n) is 5.34. The quantitative estimate of drug-likeness (QED) is 0.771. The third kappa shape index (κ3) is 1.56. The Bertz CT molecular complexity index is 490. The van der Waals surface area contributed by atoms with E-state index in [0.29, 0.717) is 13.1 Å². The normalized spacial score (nSPS) is 17.1. The van der Waals surface area contributed by atoms with E-state index in [-0.39, 0.29) is 5.25 Å². The van der Waals surface area contributed by atoms with Crippen LogP contribution < -0.4 is 0 Å². The Morgan fingerprint density at radius 3 is 2.44 bits per heavy atom. The van der Waals surface area contributed by atoms with Gasteiger partial charge in [-0.25, -0.2) is 8.42 Å². The molecule has 1 aromatic rings. The van der Waals surface area contributed by atoms with Crippen molar-refractivity contribution in [3.05, 3.63) is 17.0 Å². The van der Waals surface area contributed by atoms with Crippen molar-refractivity contribution in [1.29, 1.82) is 0 Å². The summed E-state index contributed by atoms with van der Waals surface area (Å²) >= 11 is 0. The number of aryl methyl sites for hydroxylation is 2. The fourth-order valence-corrected chi connectivity index (χ4v) is 3.24. The number of aromatic nitrogens is 2. The van der Waals surface area contributed by atoms with Crippen LogP contribution in [-0.2, 0) is 30.2 Å². The van der Waals surface area contributed by atoms with Gasteiger partial charge in [0.25, 0.3) is 0 Å². The molecule has 0 fully saturated rings. The maximum absolute atomic E-state index is 12.0. The lowest BCUT2D eigenvalue weighted by Gasteiger charge is -2.18. The molecule has 0 aromatic carbocycles. The molecular weight excluding hydrogens is 226 g/mol. The molecule has 0 unspecified atom stereocenters. The van der Waals surface area contributed by atoms with Gasteiger partial charge in [-0.05, 0) is 20.8 Å². The third-order valence-electron chi connectivity index (χ3n) is 3.09. The molecule has 2 heterocycles. The zero-order valence-electron chi connectivity index (χ0n) is 10.1. The van der Waals surface area contributed by atoms with Crippen LogP contribution in [0.2, 0.25) is 0 Å². The molecule has 0 aliphatic carbocycles. The van der Waals surface area contributed by atoms with Gasteiger partial charge in [0.05, 0.1) is 23.2 Å². The van der Waals surface area contributed by atoms with Crippen LogP contribution in [0.15, 0.2) is 0 Å². The topological polar surface area (TPSA) is 55.2 Å². The van der Waals surface area contributed by atoms with Gasteiger partial charge in [0.2, 0.25) is 10.0 Å². The molecule has 5 nitrogen and oxygen atoms in total. The predicted molar refractivity (Wildman–Crippen MR) is 61.2 cm³/mol.